The summed E-state index contributed by atoms with van der Waals surface area (Å²) in [4.78, 5) is 65.6. The van der Waals surface area contributed by atoms with Crippen LogP contribution in [0.25, 0.3) is 44.8 Å². The number of hydrogen-bond donors (Lipinski definition) is 4. The minimum Gasteiger partial charge on any atom is -0.497 e. The molecule has 16 nitrogen and oxygen atoms in total. The molecular formula is C46H43Cl2F2N13O3S. The first-order valence-electron chi connectivity index (χ1n) is 21.6. The van der Waals surface area contributed by atoms with E-state index >= 15 is 0 Å². The van der Waals surface area contributed by atoms with Crippen LogP contribution < -0.4 is 15.4 Å². The predicted octanol–water partition coefficient (Wildman–Crippen LogP) is 9.30. The van der Waals surface area contributed by atoms with Crippen LogP contribution in [-0.2, 0) is 0 Å². The molecule has 2 fully saturated rings. The number of fused-ring (bicyclic) bond motifs is 2. The largest absolute Gasteiger partial charge is 0.497 e. The molecule has 10 rings (SSSR count). The van der Waals surface area contributed by atoms with Crippen LogP contribution in [0, 0.1) is 11.6 Å². The molecule has 8 aromatic rings. The lowest BCUT2D eigenvalue weighted by Gasteiger charge is -2.36. The number of amides is 2. The van der Waals surface area contributed by atoms with E-state index in [-0.39, 0.29) is 35.5 Å². The van der Waals surface area contributed by atoms with E-state index in [4.69, 9.17) is 27.9 Å². The average Bonchev–Trinajstić information content (AvgIpc) is 4.15. The van der Waals surface area contributed by atoms with Gasteiger partial charge in [0.2, 0.25) is 0 Å². The minimum atomic E-state index is -0.564. The Morgan fingerprint density at radius 2 is 1.30 bits per heavy atom. The molecule has 4 N–H and O–H groups in total. The van der Waals surface area contributed by atoms with E-state index in [9.17, 15) is 18.4 Å². The number of nitrogens with zero attached hydrogens (tertiary/aromatic N) is 9. The molecule has 0 radical (unpaired) electrons. The topological polar surface area (TPSA) is 196 Å². The minimum absolute atomic E-state index is 0.0672. The van der Waals surface area contributed by atoms with Crippen molar-refractivity contribution in [2.24, 2.45) is 0 Å². The Morgan fingerprint density at radius 3 is 1.82 bits per heavy atom. The molecule has 2 atom stereocenters. The number of nitrogens with one attached hydrogen (secondary N) is 4. The van der Waals surface area contributed by atoms with E-state index in [1.165, 1.54) is 11.3 Å². The van der Waals surface area contributed by atoms with Gasteiger partial charge in [-0.25, -0.2) is 43.7 Å². The number of anilines is 2. The molecule has 0 saturated carbocycles. The second-order valence-corrected chi connectivity index (χ2v) is 17.7. The number of piperidine rings is 2. The SMILES string of the molecule is COc1cccc(C(=O)N2CCCC[C@H]2CNc2nc(-c3c[nH]c4ncc(Cl)cc34)ncc2F)c1.O=C(c1nccs1)N1CCCC[C@H]1CNc1nc(-c2c[nH]c3ncc(Cl)cc23)ncc1F. The van der Waals surface area contributed by atoms with E-state index in [0.717, 1.165) is 61.7 Å². The zero-order valence-corrected chi connectivity index (χ0v) is 38.3. The number of carbonyl (C=O) groups excluding carboxylic acids is 2. The third-order valence-corrected chi connectivity index (χ3v) is 12.9. The van der Waals surface area contributed by atoms with Crippen LogP contribution in [0.2, 0.25) is 10.0 Å². The van der Waals surface area contributed by atoms with Gasteiger partial charge in [-0.15, -0.1) is 11.3 Å². The van der Waals surface area contributed by atoms with Crippen molar-refractivity contribution >= 4 is 80.1 Å². The lowest BCUT2D eigenvalue weighted by atomic mass is 10.0. The van der Waals surface area contributed by atoms with Crippen molar-refractivity contribution in [3.05, 3.63) is 117 Å². The molecule has 9 heterocycles. The lowest BCUT2D eigenvalue weighted by Crippen LogP contribution is -2.47. The van der Waals surface area contributed by atoms with E-state index in [0.29, 0.717) is 86.6 Å². The number of aromatic amines is 2. The first-order valence-corrected chi connectivity index (χ1v) is 23.2. The van der Waals surface area contributed by atoms with Gasteiger partial charge in [-0.2, -0.15) is 0 Å². The molecule has 21 heteroatoms. The van der Waals surface area contributed by atoms with Gasteiger partial charge in [0.1, 0.15) is 17.0 Å². The summed E-state index contributed by atoms with van der Waals surface area (Å²) in [5.41, 5.74) is 3.20. The van der Waals surface area contributed by atoms with Gasteiger partial charge >= 0.3 is 0 Å². The number of benzene rings is 1. The summed E-state index contributed by atoms with van der Waals surface area (Å²) in [6, 6.07) is 10.5. The summed E-state index contributed by atoms with van der Waals surface area (Å²) in [6.07, 6.45) is 16.0. The Labute approximate surface area is 396 Å². The fourth-order valence-electron chi connectivity index (χ4n) is 8.33. The molecule has 1 aromatic carbocycles. The maximum absolute atomic E-state index is 14.6. The average molecular weight is 967 g/mol. The second kappa shape index (κ2) is 20.4. The molecule has 2 aliphatic heterocycles. The summed E-state index contributed by atoms with van der Waals surface area (Å²) < 4.78 is 34.4. The van der Waals surface area contributed by atoms with Gasteiger partial charge in [-0.05, 0) is 68.9 Å². The monoisotopic (exact) mass is 965 g/mol. The molecular weight excluding hydrogens is 924 g/mol. The highest BCUT2D eigenvalue weighted by molar-refractivity contribution is 7.11. The van der Waals surface area contributed by atoms with Crippen molar-refractivity contribution in [1.29, 1.82) is 0 Å². The van der Waals surface area contributed by atoms with E-state index < -0.39 is 11.6 Å². The predicted molar refractivity (Wildman–Crippen MR) is 254 cm³/mol. The summed E-state index contributed by atoms with van der Waals surface area (Å²) in [5, 5.41) is 10.9. The standard InChI is InChI=1S/C25H24ClFN6O2.C21H19ClFN7OS/c1-35-18-7-4-5-15(9-18)25(34)33-8-3-2-6-17(33)12-29-24-21(27)14-31-23(32-24)20-13-30-22-19(20)10-16(26)11-28-22;22-12-7-14-15(10-27-17(14)25-8-12)18-28-11-16(23)19(29-18)26-9-13-3-1-2-5-30(13)21(31)20-24-4-6-32-20/h4-5,7,9-11,13-14,17H,2-3,6,8,12H2,1H3,(H,28,30)(H,29,31,32);4,6-8,10-11,13H,1-3,5,9H2,(H,25,27)(H,26,28,29)/t17-;13-/m00/s1. The number of thiazole rings is 1. The smallest absolute Gasteiger partial charge is 0.283 e. The lowest BCUT2D eigenvalue weighted by molar-refractivity contribution is 0.0620. The number of likely N-dealkylation sites (tertiary alicyclic amines) is 2. The fraction of sp³-hybridized carbons (Fsp3) is 0.283. The van der Waals surface area contributed by atoms with E-state index in [2.05, 4.69) is 55.5 Å². The highest BCUT2D eigenvalue weighted by atomic mass is 35.5. The third kappa shape index (κ3) is 10.1. The third-order valence-electron chi connectivity index (χ3n) is 11.7. The fourth-order valence-corrected chi connectivity index (χ4v) is 9.24. The molecule has 2 amide bonds. The highest BCUT2D eigenvalue weighted by Gasteiger charge is 2.30. The molecule has 7 aromatic heterocycles. The normalized spacial score (nSPS) is 16.1. The molecule has 2 saturated heterocycles. The zero-order valence-electron chi connectivity index (χ0n) is 36.0. The Morgan fingerprint density at radius 1 is 0.746 bits per heavy atom. The van der Waals surface area contributed by atoms with Gasteiger partial charge in [-0.1, -0.05) is 29.3 Å². The zero-order chi connectivity index (χ0) is 46.4. The maximum Gasteiger partial charge on any atom is 0.283 e. The van der Waals surface area contributed by atoms with E-state index in [1.54, 1.807) is 79.9 Å². The molecule has 0 aliphatic carbocycles. The van der Waals surface area contributed by atoms with Gasteiger partial charge in [0, 0.05) is 102 Å². The maximum atomic E-state index is 14.6. The molecule has 0 spiro atoms. The summed E-state index contributed by atoms with van der Waals surface area (Å²) in [5.74, 6) is 0.225. The van der Waals surface area contributed by atoms with Gasteiger partial charge in [0.25, 0.3) is 11.8 Å². The van der Waals surface area contributed by atoms with Gasteiger partial charge in [-0.3, -0.25) is 9.59 Å². The molecule has 0 bridgehead atoms. The van der Waals surface area contributed by atoms with E-state index in [1.807, 2.05) is 9.80 Å². The number of aromatic nitrogens is 9. The van der Waals surface area contributed by atoms with Crippen molar-refractivity contribution < 1.29 is 23.1 Å². The molecule has 344 valence electrons. The number of methoxy groups -OCH3 is 1. The first kappa shape index (κ1) is 45.3. The highest BCUT2D eigenvalue weighted by Crippen LogP contribution is 2.31. The number of H-pyrrole nitrogens is 2. The van der Waals surface area contributed by atoms with Crippen LogP contribution in [0.15, 0.2) is 85.2 Å². The number of carbonyl (C=O) groups is 2. The van der Waals surface area contributed by atoms with Crippen LogP contribution in [0.1, 0.15) is 58.7 Å². The Bertz CT molecular complexity index is 3050. The number of rotatable bonds is 11. The summed E-state index contributed by atoms with van der Waals surface area (Å²) in [7, 11) is 1.57. The molecule has 2 aliphatic rings. The van der Waals surface area contributed by atoms with Crippen molar-refractivity contribution in [1.82, 2.24) is 54.7 Å². The Hall–Kier alpha value is -6.83. The second-order valence-electron chi connectivity index (χ2n) is 15.9. The van der Waals surface area contributed by atoms with Crippen molar-refractivity contribution in [3.8, 4) is 28.5 Å². The van der Waals surface area contributed by atoms with Gasteiger partial charge in [0.05, 0.1) is 29.5 Å². The van der Waals surface area contributed by atoms with Crippen molar-refractivity contribution in [2.45, 2.75) is 50.6 Å². The number of ether oxygens (including phenoxy) is 1. The number of pyridine rings is 2. The Kier molecular flexibility index (Phi) is 13.8. The van der Waals surface area contributed by atoms with Gasteiger partial charge in [0.15, 0.2) is 39.9 Å². The Balaban J connectivity index is 0.000000169. The summed E-state index contributed by atoms with van der Waals surface area (Å²) >= 11 is 13.5. The number of hydrogen-bond acceptors (Lipinski definition) is 13. The van der Waals surface area contributed by atoms with Crippen molar-refractivity contribution in [2.75, 3.05) is 43.9 Å². The summed E-state index contributed by atoms with van der Waals surface area (Å²) in [6.45, 7) is 2.05. The first-order chi connectivity index (χ1) is 32.6. The van der Waals surface area contributed by atoms with Gasteiger partial charge < -0.3 is 35.1 Å². The van der Waals surface area contributed by atoms with Crippen LogP contribution in [0.5, 0.6) is 5.75 Å². The van der Waals surface area contributed by atoms with Crippen LogP contribution >= 0.6 is 34.5 Å². The molecule has 67 heavy (non-hydrogen) atoms. The van der Waals surface area contributed by atoms with Crippen molar-refractivity contribution in [3.63, 3.8) is 0 Å². The number of halogens is 4. The van der Waals surface area contributed by atoms with Crippen LogP contribution in [0.4, 0.5) is 20.4 Å². The van der Waals surface area contributed by atoms with Crippen LogP contribution in [0.3, 0.4) is 0 Å². The van der Waals surface area contributed by atoms with Crippen LogP contribution in [-0.4, -0.2) is 112 Å². The quantitative estimate of drug-likeness (QED) is 0.0961. The molecule has 0 unspecified atom stereocenters.